The first-order valence-corrected chi connectivity index (χ1v) is 6.62. The molecule has 1 N–H and O–H groups in total. The van der Waals surface area contributed by atoms with Gasteiger partial charge >= 0.3 is 0 Å². The number of nitrogens with one attached hydrogen (secondary N) is 1. The molecule has 1 atom stereocenters. The van der Waals surface area contributed by atoms with E-state index in [1.54, 1.807) is 13.3 Å². The number of rotatable bonds is 11. The summed E-state index contributed by atoms with van der Waals surface area (Å²) in [7, 11) is 1.66. The van der Waals surface area contributed by atoms with Gasteiger partial charge < -0.3 is 19.5 Å². The topological polar surface area (TPSA) is 52.6 Å². The zero-order valence-corrected chi connectivity index (χ0v) is 11.8. The van der Waals surface area contributed by atoms with Crippen molar-refractivity contribution in [3.8, 4) is 0 Å². The van der Waals surface area contributed by atoms with Gasteiger partial charge in [-0.25, -0.2) is 0 Å². The van der Waals surface area contributed by atoms with Crippen LogP contribution in [-0.2, 0) is 14.2 Å². The second-order valence-corrected chi connectivity index (χ2v) is 4.18. The first-order chi connectivity index (χ1) is 9.34. The molecule has 0 saturated heterocycles. The van der Waals surface area contributed by atoms with Gasteiger partial charge in [0.1, 0.15) is 0 Å². The Labute approximate surface area is 115 Å². The fourth-order valence-electron chi connectivity index (χ4n) is 1.56. The fraction of sp³-hybridized carbons (Fsp3) is 0.643. The third-order valence-electron chi connectivity index (χ3n) is 2.69. The van der Waals surface area contributed by atoms with Crippen LogP contribution in [0.5, 0.6) is 0 Å². The van der Waals surface area contributed by atoms with Crippen LogP contribution < -0.4 is 5.32 Å². The van der Waals surface area contributed by atoms with Gasteiger partial charge in [0.2, 0.25) is 0 Å². The summed E-state index contributed by atoms with van der Waals surface area (Å²) in [6.45, 7) is 6.09. The molecular formula is C14H24N2O3. The van der Waals surface area contributed by atoms with Crippen molar-refractivity contribution in [1.29, 1.82) is 0 Å². The van der Waals surface area contributed by atoms with E-state index in [1.807, 2.05) is 12.3 Å². The quantitative estimate of drug-likeness (QED) is 0.615. The monoisotopic (exact) mass is 268 g/mol. The smallest absolute Gasteiger partial charge is 0.0701 e. The van der Waals surface area contributed by atoms with E-state index in [0.29, 0.717) is 33.0 Å². The Kier molecular flexibility index (Phi) is 9.18. The largest absolute Gasteiger partial charge is 0.382 e. The number of nitrogens with zero attached hydrogens (tertiary/aromatic N) is 1. The maximum absolute atomic E-state index is 5.46. The van der Waals surface area contributed by atoms with Crippen LogP contribution in [0.2, 0.25) is 0 Å². The van der Waals surface area contributed by atoms with E-state index < -0.39 is 0 Å². The summed E-state index contributed by atoms with van der Waals surface area (Å²) in [5, 5.41) is 3.38. The van der Waals surface area contributed by atoms with E-state index in [4.69, 9.17) is 14.2 Å². The number of hydrogen-bond donors (Lipinski definition) is 1. The van der Waals surface area contributed by atoms with Crippen LogP contribution in [0.4, 0.5) is 0 Å². The first-order valence-electron chi connectivity index (χ1n) is 6.62. The highest BCUT2D eigenvalue weighted by molar-refractivity contribution is 5.12. The Balaban J connectivity index is 1.93. The van der Waals surface area contributed by atoms with E-state index in [9.17, 15) is 0 Å². The van der Waals surface area contributed by atoms with E-state index in [0.717, 1.165) is 6.54 Å². The normalized spacial score (nSPS) is 12.5. The Morgan fingerprint density at radius 3 is 2.58 bits per heavy atom. The molecule has 1 rings (SSSR count). The van der Waals surface area contributed by atoms with Gasteiger partial charge in [0.15, 0.2) is 0 Å². The van der Waals surface area contributed by atoms with E-state index in [-0.39, 0.29) is 6.04 Å². The van der Waals surface area contributed by atoms with Crippen LogP contribution >= 0.6 is 0 Å². The van der Waals surface area contributed by atoms with Crippen LogP contribution in [0.15, 0.2) is 24.5 Å². The summed E-state index contributed by atoms with van der Waals surface area (Å²) in [5.41, 5.74) is 1.19. The maximum atomic E-state index is 5.46. The molecule has 19 heavy (non-hydrogen) atoms. The first kappa shape index (κ1) is 16.0. The maximum Gasteiger partial charge on any atom is 0.0701 e. The number of aromatic nitrogens is 1. The molecule has 5 nitrogen and oxygen atoms in total. The molecule has 1 heterocycles. The molecule has 0 aliphatic rings. The van der Waals surface area contributed by atoms with E-state index in [2.05, 4.69) is 23.3 Å². The average Bonchev–Trinajstić information content (AvgIpc) is 2.46. The minimum Gasteiger partial charge on any atom is -0.382 e. The lowest BCUT2D eigenvalue weighted by molar-refractivity contribution is 0.0253. The van der Waals surface area contributed by atoms with Gasteiger partial charge in [0, 0.05) is 32.1 Å². The summed E-state index contributed by atoms with van der Waals surface area (Å²) in [6, 6.07) is 4.30. The molecule has 0 aliphatic heterocycles. The lowest BCUT2D eigenvalue weighted by Crippen LogP contribution is -2.24. The van der Waals surface area contributed by atoms with Gasteiger partial charge in [-0.3, -0.25) is 4.98 Å². The molecule has 0 radical (unpaired) electrons. The lowest BCUT2D eigenvalue weighted by Gasteiger charge is -2.13. The van der Waals surface area contributed by atoms with Crippen LogP contribution in [0.25, 0.3) is 0 Å². The third-order valence-corrected chi connectivity index (χ3v) is 2.69. The van der Waals surface area contributed by atoms with Crippen LogP contribution in [-0.4, -0.2) is 51.7 Å². The van der Waals surface area contributed by atoms with E-state index >= 15 is 0 Å². The minimum absolute atomic E-state index is 0.287. The highest BCUT2D eigenvalue weighted by Crippen LogP contribution is 2.08. The lowest BCUT2D eigenvalue weighted by atomic mass is 10.1. The summed E-state index contributed by atoms with van der Waals surface area (Å²) < 4.78 is 15.6. The van der Waals surface area contributed by atoms with Crippen molar-refractivity contribution in [2.45, 2.75) is 13.0 Å². The van der Waals surface area contributed by atoms with Gasteiger partial charge in [-0.2, -0.15) is 0 Å². The highest BCUT2D eigenvalue weighted by Gasteiger charge is 2.03. The van der Waals surface area contributed by atoms with Gasteiger partial charge in [0.25, 0.3) is 0 Å². The molecule has 0 aliphatic carbocycles. The molecule has 0 spiro atoms. The second kappa shape index (κ2) is 10.9. The second-order valence-electron chi connectivity index (χ2n) is 4.18. The Morgan fingerprint density at radius 2 is 1.89 bits per heavy atom. The molecule has 1 aromatic heterocycles. The molecule has 1 aromatic rings. The van der Waals surface area contributed by atoms with Crippen molar-refractivity contribution in [1.82, 2.24) is 10.3 Å². The average molecular weight is 268 g/mol. The molecular weight excluding hydrogens is 244 g/mol. The van der Waals surface area contributed by atoms with Crippen molar-refractivity contribution < 1.29 is 14.2 Å². The number of ether oxygens (including phenoxy) is 3. The van der Waals surface area contributed by atoms with Gasteiger partial charge in [-0.05, 0) is 18.6 Å². The molecule has 0 amide bonds. The van der Waals surface area contributed by atoms with Crippen LogP contribution in [0.1, 0.15) is 18.5 Å². The van der Waals surface area contributed by atoms with Crippen molar-refractivity contribution in [3.05, 3.63) is 30.1 Å². The SMILES string of the molecule is COCCOCCOCCN[C@H](C)c1cccnc1. The molecule has 0 unspecified atom stereocenters. The molecule has 0 aromatic carbocycles. The summed E-state index contributed by atoms with van der Waals surface area (Å²) in [6.07, 6.45) is 3.66. The van der Waals surface area contributed by atoms with Gasteiger partial charge in [-0.1, -0.05) is 6.07 Å². The summed E-state index contributed by atoms with van der Waals surface area (Å²) in [5.74, 6) is 0. The molecule has 5 heteroatoms. The van der Waals surface area contributed by atoms with Gasteiger partial charge in [0.05, 0.1) is 33.0 Å². The fourth-order valence-corrected chi connectivity index (χ4v) is 1.56. The van der Waals surface area contributed by atoms with E-state index in [1.165, 1.54) is 5.56 Å². The van der Waals surface area contributed by atoms with Crippen molar-refractivity contribution in [3.63, 3.8) is 0 Å². The van der Waals surface area contributed by atoms with Crippen molar-refractivity contribution >= 4 is 0 Å². The Morgan fingerprint density at radius 1 is 1.16 bits per heavy atom. The number of methoxy groups -OCH3 is 1. The standard InChI is InChI=1S/C14H24N2O3/c1-13(14-4-3-5-15-12-14)16-6-7-18-10-11-19-9-8-17-2/h3-5,12-13,16H,6-11H2,1-2H3/t13-/m1/s1. The predicted molar refractivity (Wildman–Crippen MR) is 74.2 cm³/mol. The zero-order valence-electron chi connectivity index (χ0n) is 11.8. The number of pyridine rings is 1. The zero-order chi connectivity index (χ0) is 13.8. The van der Waals surface area contributed by atoms with Gasteiger partial charge in [-0.15, -0.1) is 0 Å². The van der Waals surface area contributed by atoms with Crippen LogP contribution in [0, 0.1) is 0 Å². The predicted octanol–water partition coefficient (Wildman–Crippen LogP) is 1.41. The molecule has 0 saturated carbocycles. The molecule has 108 valence electrons. The molecule has 0 fully saturated rings. The molecule has 0 bridgehead atoms. The summed E-state index contributed by atoms with van der Waals surface area (Å²) >= 11 is 0. The highest BCUT2D eigenvalue weighted by atomic mass is 16.5. The number of hydrogen-bond acceptors (Lipinski definition) is 5. The minimum atomic E-state index is 0.287. The summed E-state index contributed by atoms with van der Waals surface area (Å²) in [4.78, 5) is 4.10. The van der Waals surface area contributed by atoms with Crippen molar-refractivity contribution in [2.24, 2.45) is 0 Å². The van der Waals surface area contributed by atoms with Crippen LogP contribution in [0.3, 0.4) is 0 Å². The Hall–Kier alpha value is -1.01. The third kappa shape index (κ3) is 7.89. The van der Waals surface area contributed by atoms with Crippen molar-refractivity contribution in [2.75, 3.05) is 46.7 Å². The Bertz CT molecular complexity index is 309.